The fraction of sp³-hybridized carbons (Fsp3) is 0.0667. The SMILES string of the molecule is [C-]#[N+]c1ccc(-n2cc(CNC(=O)c3ccc(Cl)s3)nn2)c(F)c1. The molecule has 1 N–H and O–H groups in total. The summed E-state index contributed by atoms with van der Waals surface area (Å²) in [5, 5.41) is 10.4. The third-order valence-corrected chi connectivity index (χ3v) is 4.30. The van der Waals surface area contributed by atoms with Crippen molar-refractivity contribution in [3.63, 3.8) is 0 Å². The largest absolute Gasteiger partial charge is 0.346 e. The van der Waals surface area contributed by atoms with Crippen molar-refractivity contribution in [2.45, 2.75) is 6.54 Å². The Kier molecular flexibility index (Phi) is 4.55. The third-order valence-electron chi connectivity index (χ3n) is 3.08. The zero-order valence-corrected chi connectivity index (χ0v) is 13.6. The Bertz CT molecular complexity index is 945. The van der Waals surface area contributed by atoms with Crippen molar-refractivity contribution in [2.75, 3.05) is 0 Å². The molecule has 2 heterocycles. The summed E-state index contributed by atoms with van der Waals surface area (Å²) in [6, 6.07) is 7.36. The number of rotatable bonds is 4. The average molecular weight is 362 g/mol. The predicted octanol–water partition coefficient (Wildman–Crippen LogP) is 3.60. The van der Waals surface area contributed by atoms with Crippen molar-refractivity contribution in [3.05, 3.63) is 68.7 Å². The molecule has 0 fully saturated rings. The smallest absolute Gasteiger partial charge is 0.261 e. The first-order chi connectivity index (χ1) is 11.6. The van der Waals surface area contributed by atoms with E-state index in [1.54, 1.807) is 12.1 Å². The van der Waals surface area contributed by atoms with E-state index < -0.39 is 5.82 Å². The Balaban J connectivity index is 1.70. The van der Waals surface area contributed by atoms with Gasteiger partial charge < -0.3 is 5.32 Å². The van der Waals surface area contributed by atoms with E-state index in [-0.39, 0.29) is 23.8 Å². The van der Waals surface area contributed by atoms with Crippen molar-refractivity contribution in [2.24, 2.45) is 0 Å². The van der Waals surface area contributed by atoms with Crippen LogP contribution in [-0.2, 0) is 6.54 Å². The molecule has 2 aromatic heterocycles. The molecular formula is C15H9ClFN5OS. The minimum atomic E-state index is -0.572. The fourth-order valence-corrected chi connectivity index (χ4v) is 2.90. The Morgan fingerprint density at radius 3 is 2.92 bits per heavy atom. The molecule has 0 aliphatic heterocycles. The Morgan fingerprint density at radius 2 is 2.25 bits per heavy atom. The summed E-state index contributed by atoms with van der Waals surface area (Å²) in [7, 11) is 0. The third kappa shape index (κ3) is 3.42. The van der Waals surface area contributed by atoms with Crippen LogP contribution in [0, 0.1) is 12.4 Å². The number of hydrogen-bond acceptors (Lipinski definition) is 4. The lowest BCUT2D eigenvalue weighted by atomic mass is 10.2. The summed E-state index contributed by atoms with van der Waals surface area (Å²) in [6.07, 6.45) is 1.51. The number of aromatic nitrogens is 3. The van der Waals surface area contributed by atoms with Crippen molar-refractivity contribution in [1.82, 2.24) is 20.3 Å². The maximum atomic E-state index is 14.0. The molecule has 1 aromatic carbocycles. The van der Waals surface area contributed by atoms with E-state index in [1.165, 1.54) is 34.3 Å². The second kappa shape index (κ2) is 6.78. The van der Waals surface area contributed by atoms with Crippen LogP contribution in [0.2, 0.25) is 4.34 Å². The van der Waals surface area contributed by atoms with Gasteiger partial charge in [0.25, 0.3) is 5.91 Å². The van der Waals surface area contributed by atoms with Gasteiger partial charge in [0.2, 0.25) is 0 Å². The molecular weight excluding hydrogens is 353 g/mol. The summed E-state index contributed by atoms with van der Waals surface area (Å²) >= 11 is 6.96. The van der Waals surface area contributed by atoms with Crippen LogP contribution >= 0.6 is 22.9 Å². The molecule has 6 nitrogen and oxygen atoms in total. The molecule has 120 valence electrons. The van der Waals surface area contributed by atoms with E-state index in [4.69, 9.17) is 18.2 Å². The summed E-state index contributed by atoms with van der Waals surface area (Å²) in [5.41, 5.74) is 0.857. The number of carbonyl (C=O) groups excluding carboxylic acids is 1. The van der Waals surface area contributed by atoms with Crippen LogP contribution in [0.15, 0.2) is 36.5 Å². The molecule has 1 amide bonds. The van der Waals surface area contributed by atoms with E-state index in [0.717, 1.165) is 6.07 Å². The van der Waals surface area contributed by atoms with Crippen LogP contribution < -0.4 is 5.32 Å². The van der Waals surface area contributed by atoms with Gasteiger partial charge in [0.05, 0.1) is 34.2 Å². The zero-order valence-electron chi connectivity index (χ0n) is 12.0. The predicted molar refractivity (Wildman–Crippen MR) is 88.1 cm³/mol. The molecule has 0 radical (unpaired) electrons. The summed E-state index contributed by atoms with van der Waals surface area (Å²) < 4.78 is 15.7. The molecule has 0 atom stereocenters. The Morgan fingerprint density at radius 1 is 1.42 bits per heavy atom. The molecule has 24 heavy (non-hydrogen) atoms. The van der Waals surface area contributed by atoms with Crippen LogP contribution in [0.3, 0.4) is 0 Å². The van der Waals surface area contributed by atoms with Gasteiger partial charge in [0.15, 0.2) is 5.69 Å². The number of benzene rings is 1. The van der Waals surface area contributed by atoms with Crippen molar-refractivity contribution < 1.29 is 9.18 Å². The van der Waals surface area contributed by atoms with Gasteiger partial charge in [0, 0.05) is 0 Å². The molecule has 9 heteroatoms. The minimum absolute atomic E-state index is 0.149. The number of hydrogen-bond donors (Lipinski definition) is 1. The number of amides is 1. The van der Waals surface area contributed by atoms with E-state index >= 15 is 0 Å². The summed E-state index contributed by atoms with van der Waals surface area (Å²) in [6.45, 7) is 7.01. The highest BCUT2D eigenvalue weighted by Gasteiger charge is 2.11. The van der Waals surface area contributed by atoms with E-state index in [9.17, 15) is 9.18 Å². The summed E-state index contributed by atoms with van der Waals surface area (Å²) in [5.74, 6) is -0.841. The molecule has 0 saturated heterocycles. The standard InChI is InChI=1S/C15H9ClFN5OS/c1-18-9-2-3-12(11(17)6-9)22-8-10(20-21-22)7-19-15(23)13-4-5-14(16)24-13/h2-6,8H,7H2,(H,19,23). The summed E-state index contributed by atoms with van der Waals surface area (Å²) in [4.78, 5) is 15.6. The van der Waals surface area contributed by atoms with Crippen LogP contribution in [0.4, 0.5) is 10.1 Å². The van der Waals surface area contributed by atoms with Crippen molar-refractivity contribution >= 4 is 34.5 Å². The maximum Gasteiger partial charge on any atom is 0.261 e. The van der Waals surface area contributed by atoms with Crippen LogP contribution in [0.1, 0.15) is 15.4 Å². The molecule has 0 unspecified atom stereocenters. The first-order valence-corrected chi connectivity index (χ1v) is 7.88. The van der Waals surface area contributed by atoms with Gasteiger partial charge in [-0.3, -0.25) is 4.79 Å². The van der Waals surface area contributed by atoms with E-state index in [0.29, 0.717) is 14.9 Å². The Hall–Kier alpha value is -2.76. The number of carbonyl (C=O) groups is 1. The molecule has 3 aromatic rings. The lowest BCUT2D eigenvalue weighted by molar-refractivity contribution is 0.0954. The monoisotopic (exact) mass is 361 g/mol. The Labute approximate surface area is 145 Å². The quantitative estimate of drug-likeness (QED) is 0.722. The number of halogens is 2. The van der Waals surface area contributed by atoms with Gasteiger partial charge in [-0.25, -0.2) is 13.9 Å². The lowest BCUT2D eigenvalue weighted by Gasteiger charge is -2.02. The molecule has 3 rings (SSSR count). The highest BCUT2D eigenvalue weighted by atomic mass is 35.5. The number of thiophene rings is 1. The van der Waals surface area contributed by atoms with E-state index in [1.807, 2.05) is 0 Å². The van der Waals surface area contributed by atoms with Gasteiger partial charge in [-0.15, -0.1) is 16.4 Å². The van der Waals surface area contributed by atoms with Gasteiger partial charge in [-0.05, 0) is 24.3 Å². The highest BCUT2D eigenvalue weighted by Crippen LogP contribution is 2.21. The van der Waals surface area contributed by atoms with Gasteiger partial charge in [-0.1, -0.05) is 22.9 Å². The van der Waals surface area contributed by atoms with Crippen LogP contribution in [-0.4, -0.2) is 20.9 Å². The fourth-order valence-electron chi connectivity index (χ4n) is 1.94. The molecule has 0 aliphatic rings. The normalized spacial score (nSPS) is 10.4. The topological polar surface area (TPSA) is 64.2 Å². The second-order valence-corrected chi connectivity index (χ2v) is 6.40. The first-order valence-electron chi connectivity index (χ1n) is 6.69. The van der Waals surface area contributed by atoms with Crippen molar-refractivity contribution in [1.29, 1.82) is 0 Å². The average Bonchev–Trinajstić information content (AvgIpc) is 3.21. The molecule has 0 aliphatic carbocycles. The van der Waals surface area contributed by atoms with Gasteiger partial charge in [-0.2, -0.15) is 0 Å². The first kappa shape index (κ1) is 16.1. The molecule has 0 spiro atoms. The van der Waals surface area contributed by atoms with Crippen LogP contribution in [0.5, 0.6) is 0 Å². The number of nitrogens with one attached hydrogen (secondary N) is 1. The zero-order chi connectivity index (χ0) is 17.1. The molecule has 0 saturated carbocycles. The van der Waals surface area contributed by atoms with Crippen LogP contribution in [0.25, 0.3) is 10.5 Å². The lowest BCUT2D eigenvalue weighted by Crippen LogP contribution is -2.21. The second-order valence-electron chi connectivity index (χ2n) is 4.69. The van der Waals surface area contributed by atoms with Crippen molar-refractivity contribution in [3.8, 4) is 5.69 Å². The molecule has 0 bridgehead atoms. The van der Waals surface area contributed by atoms with Gasteiger partial charge >= 0.3 is 0 Å². The minimum Gasteiger partial charge on any atom is -0.346 e. The number of nitrogens with zero attached hydrogens (tertiary/aromatic N) is 4. The van der Waals surface area contributed by atoms with Gasteiger partial charge in [0.1, 0.15) is 11.5 Å². The maximum absolute atomic E-state index is 14.0. The van der Waals surface area contributed by atoms with E-state index in [2.05, 4.69) is 20.5 Å². The highest BCUT2D eigenvalue weighted by molar-refractivity contribution is 7.17.